The molecule has 0 heterocycles. The summed E-state index contributed by atoms with van der Waals surface area (Å²) in [6, 6.07) is 2.35. The molecule has 1 amide bonds. The van der Waals surface area contributed by atoms with Crippen molar-refractivity contribution in [3.63, 3.8) is 0 Å². The fourth-order valence-electron chi connectivity index (χ4n) is 2.23. The number of carboxylic acids is 1. The van der Waals surface area contributed by atoms with E-state index in [4.69, 9.17) is 5.11 Å². The maximum Gasteiger partial charge on any atom is 0.326 e. The molecule has 1 aliphatic rings. The number of benzene rings is 1. The fourth-order valence-corrected chi connectivity index (χ4v) is 2.23. The Morgan fingerprint density at radius 3 is 2.60 bits per heavy atom. The van der Waals surface area contributed by atoms with Gasteiger partial charge in [0.1, 0.15) is 17.7 Å². The number of hydrogen-bond donors (Lipinski definition) is 1. The van der Waals surface area contributed by atoms with E-state index in [-0.39, 0.29) is 11.8 Å². The Hall–Kier alpha value is -1.98. The van der Waals surface area contributed by atoms with Gasteiger partial charge in [0.15, 0.2) is 0 Å². The number of carbonyl (C=O) groups is 2. The highest BCUT2D eigenvalue weighted by molar-refractivity contribution is 5.87. The molecule has 4 nitrogen and oxygen atoms in total. The highest BCUT2D eigenvalue weighted by Crippen LogP contribution is 2.49. The first kappa shape index (κ1) is 14.4. The minimum absolute atomic E-state index is 0.299. The van der Waals surface area contributed by atoms with Crippen molar-refractivity contribution in [3.05, 3.63) is 35.4 Å². The van der Waals surface area contributed by atoms with Crippen molar-refractivity contribution in [2.45, 2.75) is 25.3 Å². The molecule has 1 fully saturated rings. The normalized spacial score (nSPS) is 22.2. The number of carbonyl (C=O) groups excluding carboxylic acids is 1. The molecule has 6 heteroatoms. The number of carboxylic acid groups (broad SMARTS) is 1. The van der Waals surface area contributed by atoms with Crippen LogP contribution in [0.2, 0.25) is 0 Å². The lowest BCUT2D eigenvalue weighted by Gasteiger charge is -2.21. The summed E-state index contributed by atoms with van der Waals surface area (Å²) in [4.78, 5) is 24.1. The molecule has 0 aromatic heterocycles. The number of nitrogens with zero attached hydrogens (tertiary/aromatic N) is 1. The number of likely N-dealkylation sites (N-methyl/N-ethyl adjacent to an activating group) is 1. The Labute approximate surface area is 115 Å². The van der Waals surface area contributed by atoms with Gasteiger partial charge in [-0.2, -0.15) is 0 Å². The van der Waals surface area contributed by atoms with Crippen LogP contribution in [0, 0.1) is 17.6 Å². The second kappa shape index (κ2) is 5.19. The van der Waals surface area contributed by atoms with Gasteiger partial charge in [-0.05, 0) is 30.9 Å². The molecule has 0 spiro atoms. The topological polar surface area (TPSA) is 57.6 Å². The van der Waals surface area contributed by atoms with Gasteiger partial charge >= 0.3 is 5.97 Å². The molecular weight excluding hydrogens is 268 g/mol. The van der Waals surface area contributed by atoms with E-state index in [9.17, 15) is 18.4 Å². The molecule has 1 aromatic rings. The van der Waals surface area contributed by atoms with Crippen molar-refractivity contribution in [2.24, 2.45) is 5.92 Å². The number of amides is 1. The van der Waals surface area contributed by atoms with Crippen LogP contribution in [0.5, 0.6) is 0 Å². The number of rotatable bonds is 4. The van der Waals surface area contributed by atoms with Crippen LogP contribution < -0.4 is 0 Å². The van der Waals surface area contributed by atoms with Crippen LogP contribution in [0.4, 0.5) is 8.78 Å². The number of aliphatic carboxylic acids is 1. The Kier molecular flexibility index (Phi) is 3.74. The van der Waals surface area contributed by atoms with Crippen molar-refractivity contribution in [1.82, 2.24) is 4.90 Å². The summed E-state index contributed by atoms with van der Waals surface area (Å²) >= 11 is 0. The van der Waals surface area contributed by atoms with E-state index in [1.807, 2.05) is 0 Å². The summed E-state index contributed by atoms with van der Waals surface area (Å²) in [5.74, 6) is -3.47. The van der Waals surface area contributed by atoms with E-state index in [2.05, 4.69) is 0 Å². The maximum atomic E-state index is 13.6. The Morgan fingerprint density at radius 2 is 2.05 bits per heavy atom. The van der Waals surface area contributed by atoms with Crippen molar-refractivity contribution in [2.75, 3.05) is 7.05 Å². The third-order valence-electron chi connectivity index (χ3n) is 3.76. The van der Waals surface area contributed by atoms with E-state index in [1.54, 1.807) is 0 Å². The molecule has 1 aliphatic carbocycles. The zero-order valence-electron chi connectivity index (χ0n) is 11.1. The highest BCUT2D eigenvalue weighted by atomic mass is 19.1. The van der Waals surface area contributed by atoms with Gasteiger partial charge in [-0.1, -0.05) is 6.07 Å². The van der Waals surface area contributed by atoms with Gasteiger partial charge in [0.25, 0.3) is 0 Å². The Morgan fingerprint density at radius 1 is 1.40 bits per heavy atom. The second-order valence-electron chi connectivity index (χ2n) is 5.08. The minimum Gasteiger partial charge on any atom is -0.480 e. The van der Waals surface area contributed by atoms with Crippen LogP contribution >= 0.6 is 0 Å². The SMILES string of the molecule is CC(C(=O)O)N(C)C(=O)C1CC1c1ccc(F)cc1F. The average molecular weight is 283 g/mol. The van der Waals surface area contributed by atoms with Crippen LogP contribution in [0.3, 0.4) is 0 Å². The van der Waals surface area contributed by atoms with Gasteiger partial charge in [0.2, 0.25) is 5.91 Å². The monoisotopic (exact) mass is 283 g/mol. The Bertz CT molecular complexity index is 561. The average Bonchev–Trinajstić information content (AvgIpc) is 3.16. The molecule has 0 saturated heterocycles. The number of halogens is 2. The smallest absolute Gasteiger partial charge is 0.326 e. The second-order valence-corrected chi connectivity index (χ2v) is 5.08. The molecule has 0 aliphatic heterocycles. The lowest BCUT2D eigenvalue weighted by molar-refractivity contribution is -0.148. The van der Waals surface area contributed by atoms with Gasteiger partial charge in [0, 0.05) is 19.0 Å². The van der Waals surface area contributed by atoms with Crippen LogP contribution in [0.1, 0.15) is 24.8 Å². The van der Waals surface area contributed by atoms with Gasteiger partial charge in [-0.3, -0.25) is 4.79 Å². The lowest BCUT2D eigenvalue weighted by Crippen LogP contribution is -2.41. The van der Waals surface area contributed by atoms with E-state index in [0.717, 1.165) is 17.0 Å². The van der Waals surface area contributed by atoms with E-state index in [1.165, 1.54) is 20.0 Å². The summed E-state index contributed by atoms with van der Waals surface area (Å²) in [7, 11) is 1.41. The third-order valence-corrected chi connectivity index (χ3v) is 3.76. The first-order valence-electron chi connectivity index (χ1n) is 6.27. The molecule has 0 bridgehead atoms. The van der Waals surface area contributed by atoms with Crippen molar-refractivity contribution in [3.8, 4) is 0 Å². The van der Waals surface area contributed by atoms with Crippen molar-refractivity contribution < 1.29 is 23.5 Å². The van der Waals surface area contributed by atoms with Gasteiger partial charge < -0.3 is 10.0 Å². The zero-order valence-corrected chi connectivity index (χ0v) is 11.1. The Balaban J connectivity index is 2.08. The molecule has 108 valence electrons. The molecule has 2 rings (SSSR count). The van der Waals surface area contributed by atoms with E-state index >= 15 is 0 Å². The summed E-state index contributed by atoms with van der Waals surface area (Å²) in [6.07, 6.45) is 0.456. The minimum atomic E-state index is -1.09. The summed E-state index contributed by atoms with van der Waals surface area (Å²) in [6.45, 7) is 1.41. The molecule has 3 unspecified atom stereocenters. The fraction of sp³-hybridized carbons (Fsp3) is 0.429. The first-order chi connectivity index (χ1) is 9.32. The van der Waals surface area contributed by atoms with Crippen LogP contribution in [-0.4, -0.2) is 35.0 Å². The van der Waals surface area contributed by atoms with E-state index < -0.39 is 29.6 Å². The van der Waals surface area contributed by atoms with Crippen LogP contribution in [-0.2, 0) is 9.59 Å². The molecule has 1 aromatic carbocycles. The molecule has 0 radical (unpaired) electrons. The summed E-state index contributed by atoms with van der Waals surface area (Å²) < 4.78 is 26.4. The van der Waals surface area contributed by atoms with Gasteiger partial charge in [-0.15, -0.1) is 0 Å². The van der Waals surface area contributed by atoms with Crippen LogP contribution in [0.25, 0.3) is 0 Å². The third kappa shape index (κ3) is 2.64. The standard InChI is InChI=1S/C14H15F2NO3/c1-7(14(19)20)17(2)13(18)11-6-10(11)9-4-3-8(15)5-12(9)16/h3-5,7,10-11H,6H2,1-2H3,(H,19,20). The van der Waals surface area contributed by atoms with Gasteiger partial charge in [0.05, 0.1) is 0 Å². The quantitative estimate of drug-likeness (QED) is 0.919. The lowest BCUT2D eigenvalue weighted by atomic mass is 10.1. The predicted octanol–water partition coefficient (Wildman–Crippen LogP) is 2.00. The summed E-state index contributed by atoms with van der Waals surface area (Å²) in [5.41, 5.74) is 0.307. The highest BCUT2D eigenvalue weighted by Gasteiger charge is 2.47. The zero-order chi connectivity index (χ0) is 15.0. The van der Waals surface area contributed by atoms with E-state index in [0.29, 0.717) is 12.0 Å². The molecular formula is C14H15F2NO3. The van der Waals surface area contributed by atoms with Crippen molar-refractivity contribution in [1.29, 1.82) is 0 Å². The largest absolute Gasteiger partial charge is 0.480 e. The molecule has 1 N–H and O–H groups in total. The van der Waals surface area contributed by atoms with Crippen molar-refractivity contribution >= 4 is 11.9 Å². The van der Waals surface area contributed by atoms with Gasteiger partial charge in [-0.25, -0.2) is 13.6 Å². The number of hydrogen-bond acceptors (Lipinski definition) is 2. The predicted molar refractivity (Wildman–Crippen MR) is 67.1 cm³/mol. The van der Waals surface area contributed by atoms with Crippen LogP contribution in [0.15, 0.2) is 18.2 Å². The molecule has 20 heavy (non-hydrogen) atoms. The molecule has 1 saturated carbocycles. The summed E-state index contributed by atoms with van der Waals surface area (Å²) in [5, 5.41) is 8.87. The first-order valence-corrected chi connectivity index (χ1v) is 6.27. The maximum absolute atomic E-state index is 13.6. The molecule has 3 atom stereocenters.